The van der Waals surface area contributed by atoms with Gasteiger partial charge in [0, 0.05) is 56.6 Å². The normalized spacial score (nSPS) is 14.6. The van der Waals surface area contributed by atoms with E-state index < -0.39 is 0 Å². The lowest BCUT2D eigenvalue weighted by molar-refractivity contribution is 0.590. The van der Waals surface area contributed by atoms with Crippen molar-refractivity contribution in [1.82, 2.24) is 0 Å². The third-order valence-corrected chi connectivity index (χ3v) is 15.9. The van der Waals surface area contributed by atoms with Crippen molar-refractivity contribution in [1.29, 1.82) is 0 Å². The van der Waals surface area contributed by atoms with E-state index in [4.69, 9.17) is 0 Å². The first kappa shape index (κ1) is 46.6. The highest BCUT2D eigenvalue weighted by atomic mass is 15.2. The van der Waals surface area contributed by atoms with E-state index in [9.17, 15) is 0 Å². The molecule has 356 valence electrons. The highest BCUT2D eigenvalue weighted by molar-refractivity contribution is 7.00. The van der Waals surface area contributed by atoms with Gasteiger partial charge in [-0.1, -0.05) is 188 Å². The van der Waals surface area contributed by atoms with Crippen molar-refractivity contribution in [3.05, 3.63) is 203 Å². The van der Waals surface area contributed by atoms with Gasteiger partial charge in [-0.25, -0.2) is 0 Å². The van der Waals surface area contributed by atoms with Crippen LogP contribution in [0.2, 0.25) is 0 Å². The Bertz CT molecular complexity index is 3310. The van der Waals surface area contributed by atoms with E-state index in [1.807, 2.05) is 0 Å². The van der Waals surface area contributed by atoms with Gasteiger partial charge in [-0.2, -0.15) is 0 Å². The first-order valence-electron chi connectivity index (χ1n) is 25.9. The van der Waals surface area contributed by atoms with Crippen LogP contribution in [0, 0.1) is 0 Å². The number of fused-ring (bicyclic) bond motifs is 7. The molecule has 71 heavy (non-hydrogen) atoms. The van der Waals surface area contributed by atoms with Crippen molar-refractivity contribution in [2.45, 2.75) is 124 Å². The lowest BCUT2D eigenvalue weighted by Crippen LogP contribution is -2.61. The Morgan fingerprint density at radius 3 is 1.35 bits per heavy atom. The zero-order chi connectivity index (χ0) is 50.2. The van der Waals surface area contributed by atoms with Crippen molar-refractivity contribution < 1.29 is 0 Å². The lowest BCUT2D eigenvalue weighted by atomic mass is 9.33. The Kier molecular flexibility index (Phi) is 10.6. The minimum atomic E-state index is -0.157. The van der Waals surface area contributed by atoms with Gasteiger partial charge < -0.3 is 14.7 Å². The summed E-state index contributed by atoms with van der Waals surface area (Å²) in [5.41, 5.74) is 25.2. The molecule has 11 rings (SSSR count). The van der Waals surface area contributed by atoms with E-state index >= 15 is 0 Å². The van der Waals surface area contributed by atoms with Gasteiger partial charge in [0.2, 0.25) is 0 Å². The van der Waals surface area contributed by atoms with Crippen molar-refractivity contribution >= 4 is 74.3 Å². The zero-order valence-electron chi connectivity index (χ0n) is 44.6. The first-order valence-corrected chi connectivity index (χ1v) is 25.9. The quantitative estimate of drug-likeness (QED) is 0.159. The van der Waals surface area contributed by atoms with Crippen molar-refractivity contribution in [3.8, 4) is 11.1 Å². The van der Waals surface area contributed by atoms with Gasteiger partial charge in [-0.05, 0) is 161 Å². The monoisotopic (exact) mass is 928 g/mol. The summed E-state index contributed by atoms with van der Waals surface area (Å²) in [7, 11) is 0. The van der Waals surface area contributed by atoms with Gasteiger partial charge in [0.25, 0.3) is 6.71 Å². The maximum atomic E-state index is 2.59. The molecule has 2 heterocycles. The minimum Gasteiger partial charge on any atom is -0.311 e. The molecule has 0 saturated heterocycles. The number of hydrogen-bond acceptors (Lipinski definition) is 3. The molecule has 4 heteroatoms. The lowest BCUT2D eigenvalue weighted by Gasteiger charge is -2.45. The van der Waals surface area contributed by atoms with Gasteiger partial charge in [0.05, 0.1) is 0 Å². The van der Waals surface area contributed by atoms with Crippen molar-refractivity contribution in [2.24, 2.45) is 0 Å². The Morgan fingerprint density at radius 1 is 0.366 bits per heavy atom. The Hall–Kier alpha value is -6.78. The Balaban J connectivity index is 1.17. The maximum absolute atomic E-state index is 2.59. The first-order chi connectivity index (χ1) is 33.5. The predicted octanol–water partition coefficient (Wildman–Crippen LogP) is 16.7. The molecule has 0 fully saturated rings. The summed E-state index contributed by atoms with van der Waals surface area (Å²) >= 11 is 0. The average Bonchev–Trinajstić information content (AvgIpc) is 3.55. The van der Waals surface area contributed by atoms with Crippen LogP contribution in [0.1, 0.15) is 130 Å². The predicted molar refractivity (Wildman–Crippen MR) is 308 cm³/mol. The van der Waals surface area contributed by atoms with E-state index in [1.54, 1.807) is 0 Å². The molecular weight excluding hydrogens is 858 g/mol. The summed E-state index contributed by atoms with van der Waals surface area (Å²) in [4.78, 5) is 7.60. The average molecular weight is 928 g/mol. The van der Waals surface area contributed by atoms with E-state index in [-0.39, 0.29) is 33.8 Å². The standard InChI is InChI=1S/C67H70BN3/c1-63(2,3)43-22-29-47(30-23-43)69(48-31-24-44(25-32-48)64(4,5)6)51-36-39-57-61(42-51)71(50-35-37-53-52-18-15-16-19-54(52)67(13,14)55(53)41-50)59-21-17-20-58-62(59)68(57)56-38-28-46(66(10,11)12)40-60(56)70(58)49-33-26-45(27-34-49)65(7,8)9/h15-42H,1-14H3. The number of nitrogens with zero attached hydrogens (tertiary/aromatic N) is 3. The van der Waals surface area contributed by atoms with Crippen LogP contribution in [-0.4, -0.2) is 6.71 Å². The van der Waals surface area contributed by atoms with Gasteiger partial charge in [0.15, 0.2) is 0 Å². The van der Waals surface area contributed by atoms with E-state index in [0.717, 1.165) is 17.1 Å². The van der Waals surface area contributed by atoms with E-state index in [1.165, 1.54) is 95.0 Å². The fraction of sp³-hybridized carbons (Fsp3) is 0.284. The van der Waals surface area contributed by atoms with Gasteiger partial charge in [0.1, 0.15) is 0 Å². The van der Waals surface area contributed by atoms with Gasteiger partial charge in [-0.15, -0.1) is 0 Å². The third-order valence-electron chi connectivity index (χ3n) is 15.9. The number of anilines is 9. The smallest absolute Gasteiger partial charge is 0.252 e. The summed E-state index contributed by atoms with van der Waals surface area (Å²) in [6.45, 7) is 32.4. The van der Waals surface area contributed by atoms with Crippen LogP contribution in [0.5, 0.6) is 0 Å². The molecule has 0 N–H and O–H groups in total. The van der Waals surface area contributed by atoms with E-state index in [2.05, 4.69) is 281 Å². The summed E-state index contributed by atoms with van der Waals surface area (Å²) in [6.07, 6.45) is 0. The number of benzene rings is 8. The summed E-state index contributed by atoms with van der Waals surface area (Å²) in [5, 5.41) is 0. The number of hydrogen-bond donors (Lipinski definition) is 0. The van der Waals surface area contributed by atoms with Crippen LogP contribution >= 0.6 is 0 Å². The second-order valence-electron chi connectivity index (χ2n) is 25.2. The zero-order valence-corrected chi connectivity index (χ0v) is 44.6. The topological polar surface area (TPSA) is 9.72 Å². The van der Waals surface area contributed by atoms with Crippen LogP contribution in [0.25, 0.3) is 11.1 Å². The van der Waals surface area contributed by atoms with Gasteiger partial charge >= 0.3 is 0 Å². The van der Waals surface area contributed by atoms with Gasteiger partial charge in [-0.3, -0.25) is 0 Å². The minimum absolute atomic E-state index is 0.00340. The summed E-state index contributed by atoms with van der Waals surface area (Å²) in [5.74, 6) is 0. The van der Waals surface area contributed by atoms with Crippen LogP contribution in [-0.2, 0) is 27.1 Å². The molecule has 0 spiro atoms. The highest BCUT2D eigenvalue weighted by Gasteiger charge is 2.45. The molecule has 0 atom stereocenters. The molecule has 0 radical (unpaired) electrons. The fourth-order valence-electron chi connectivity index (χ4n) is 11.7. The Labute approximate surface area is 425 Å². The Morgan fingerprint density at radius 2 is 0.803 bits per heavy atom. The van der Waals surface area contributed by atoms with Crippen LogP contribution in [0.4, 0.5) is 51.2 Å². The molecule has 0 saturated carbocycles. The third kappa shape index (κ3) is 7.72. The second kappa shape index (κ2) is 16.1. The second-order valence-corrected chi connectivity index (χ2v) is 25.2. The molecule has 3 aliphatic rings. The molecular formula is C67H70BN3. The molecule has 0 bridgehead atoms. The van der Waals surface area contributed by atoms with Crippen LogP contribution < -0.4 is 31.1 Å². The summed E-state index contributed by atoms with van der Waals surface area (Å²) < 4.78 is 0. The molecule has 0 amide bonds. The molecule has 8 aromatic carbocycles. The maximum Gasteiger partial charge on any atom is 0.252 e. The van der Waals surface area contributed by atoms with Crippen LogP contribution in [0.3, 0.4) is 0 Å². The molecule has 2 aliphatic heterocycles. The molecule has 8 aromatic rings. The molecule has 3 nitrogen and oxygen atoms in total. The summed E-state index contributed by atoms with van der Waals surface area (Å²) in [6, 6.07) is 65.7. The molecule has 0 aromatic heterocycles. The van der Waals surface area contributed by atoms with Crippen molar-refractivity contribution in [3.63, 3.8) is 0 Å². The van der Waals surface area contributed by atoms with E-state index in [0.29, 0.717) is 0 Å². The van der Waals surface area contributed by atoms with Crippen molar-refractivity contribution in [2.75, 3.05) is 14.7 Å². The molecule has 0 unspecified atom stereocenters. The molecule has 1 aliphatic carbocycles. The highest BCUT2D eigenvalue weighted by Crippen LogP contribution is 2.52. The largest absolute Gasteiger partial charge is 0.311 e. The fourth-order valence-corrected chi connectivity index (χ4v) is 11.7. The SMILES string of the molecule is CC(C)(C)c1ccc(N(c2ccc(C(C)(C)C)cc2)c2ccc3c(c2)N(c2ccc4c(c2)C(C)(C)c2ccccc2-4)c2cccc4c2B3c2ccc(C(C)(C)C)cc2N4c2ccc(C(C)(C)C)cc2)cc1. The van der Waals surface area contributed by atoms with Crippen LogP contribution in [0.15, 0.2) is 170 Å². The number of rotatable bonds is 5.